The highest BCUT2D eigenvalue weighted by atomic mass is 16.5. The largest absolute Gasteiger partial charge is 0.497 e. The first kappa shape index (κ1) is 28.4. The van der Waals surface area contributed by atoms with Crippen molar-refractivity contribution in [3.05, 3.63) is 102 Å². The minimum absolute atomic E-state index is 0.343. The second kappa shape index (κ2) is 12.7. The minimum atomic E-state index is 0.343. The molecule has 0 amide bonds. The van der Waals surface area contributed by atoms with E-state index in [0.717, 1.165) is 27.8 Å². The maximum Gasteiger partial charge on any atom is 0.409 e. The third-order valence-electron chi connectivity index (χ3n) is 6.89. The molecule has 0 saturated heterocycles. The van der Waals surface area contributed by atoms with Crippen LogP contribution in [0.5, 0.6) is 29.0 Å². The number of ether oxygens (including phenoxy) is 4. The molecule has 0 atom stereocenters. The molecule has 0 unspecified atom stereocenters. The third kappa shape index (κ3) is 6.36. The number of amidine groups is 1. The van der Waals surface area contributed by atoms with Crippen LogP contribution in [-0.2, 0) is 13.0 Å². The number of aromatic nitrogens is 3. The van der Waals surface area contributed by atoms with E-state index in [2.05, 4.69) is 20.3 Å². The Bertz CT molecular complexity index is 1860. The number of nitrogens with zero attached hydrogens (tertiary/aromatic N) is 6. The Kier molecular flexibility index (Phi) is 8.17. The lowest BCUT2D eigenvalue weighted by molar-refractivity contribution is 0.354. The molecule has 221 valence electrons. The first-order valence-corrected chi connectivity index (χ1v) is 13.9. The van der Waals surface area contributed by atoms with Gasteiger partial charge in [0.05, 0.1) is 45.9 Å². The van der Waals surface area contributed by atoms with Crippen molar-refractivity contribution < 1.29 is 18.9 Å². The number of aryl methyl sites for hydroxylation is 1. The number of methoxy groups -OCH3 is 3. The molecule has 44 heavy (non-hydrogen) atoms. The first-order valence-electron chi connectivity index (χ1n) is 13.9. The van der Waals surface area contributed by atoms with Crippen LogP contribution in [0, 0.1) is 6.92 Å². The van der Waals surface area contributed by atoms with E-state index in [1.807, 2.05) is 78.9 Å². The highest BCUT2D eigenvalue weighted by molar-refractivity contribution is 6.08. The molecular weight excluding hydrogens is 558 g/mol. The van der Waals surface area contributed by atoms with E-state index < -0.39 is 0 Å². The molecule has 11 nitrogen and oxygen atoms in total. The van der Waals surface area contributed by atoms with Crippen LogP contribution in [0.4, 0.5) is 5.82 Å². The van der Waals surface area contributed by atoms with Crippen molar-refractivity contribution in [1.29, 1.82) is 0 Å². The maximum atomic E-state index is 6.09. The second-order valence-electron chi connectivity index (χ2n) is 9.89. The smallest absolute Gasteiger partial charge is 0.409 e. The van der Waals surface area contributed by atoms with Gasteiger partial charge in [-0.3, -0.25) is 5.32 Å². The summed E-state index contributed by atoms with van der Waals surface area (Å²) in [6.07, 6.45) is 0.447. The van der Waals surface area contributed by atoms with Crippen LogP contribution >= 0.6 is 0 Å². The number of rotatable bonds is 10. The van der Waals surface area contributed by atoms with Crippen molar-refractivity contribution in [2.45, 2.75) is 19.9 Å². The van der Waals surface area contributed by atoms with E-state index in [4.69, 9.17) is 29.0 Å². The molecule has 1 radical (unpaired) electrons. The fourth-order valence-corrected chi connectivity index (χ4v) is 4.71. The topological polar surface area (TPSA) is 117 Å². The maximum absolute atomic E-state index is 6.09. The Balaban J connectivity index is 1.29. The van der Waals surface area contributed by atoms with Crippen molar-refractivity contribution >= 4 is 28.5 Å². The molecule has 1 aliphatic rings. The van der Waals surface area contributed by atoms with E-state index >= 15 is 0 Å². The van der Waals surface area contributed by atoms with Crippen LogP contribution in [0.2, 0.25) is 0 Å². The van der Waals surface area contributed by atoms with Crippen molar-refractivity contribution in [2.75, 3.05) is 26.3 Å². The molecule has 0 spiro atoms. The van der Waals surface area contributed by atoms with Crippen LogP contribution in [0.1, 0.15) is 17.0 Å². The third-order valence-corrected chi connectivity index (χ3v) is 6.89. The molecule has 1 aliphatic heterocycles. The summed E-state index contributed by atoms with van der Waals surface area (Å²) in [5.74, 6) is 4.97. The monoisotopic (exact) mass is 589 g/mol. The van der Waals surface area contributed by atoms with Gasteiger partial charge in [0.1, 0.15) is 11.6 Å². The second-order valence-corrected chi connectivity index (χ2v) is 9.89. The van der Waals surface area contributed by atoms with E-state index in [1.54, 1.807) is 39.3 Å². The standard InChI is InChI=1S/C33H31N7O4/c1-21-35-30(19-32(36-21)44-31-16-12-24-7-5-6-8-26(24)37-31)40-29(18-23-11-15-27(42-3)28(17-23)43-4)38-33(39-40)34-20-22-9-13-25(41-2)14-10-22/h5-17,19H,18,20H2,1-4H3,(H,34,39)/q+1. The SMILES string of the molecule is COc1ccc(CNC2=NN(c3cc(Oc4ccc5ccccc5n4)nc(C)n3)C(Cc3ccc(OC)c(OC)c3)=[N+]2)cc1. The van der Waals surface area contributed by atoms with Gasteiger partial charge < -0.3 is 18.9 Å². The summed E-state index contributed by atoms with van der Waals surface area (Å²) in [7, 11) is 4.87. The Labute approximate surface area is 254 Å². The van der Waals surface area contributed by atoms with Crippen LogP contribution in [0.15, 0.2) is 90.0 Å². The van der Waals surface area contributed by atoms with Gasteiger partial charge >= 0.3 is 5.96 Å². The molecule has 0 aliphatic carbocycles. The summed E-state index contributed by atoms with van der Waals surface area (Å²) in [5.41, 5.74) is 2.85. The fraction of sp³-hybridized carbons (Fsp3) is 0.182. The molecule has 0 fully saturated rings. The van der Waals surface area contributed by atoms with Crippen molar-refractivity contribution in [2.24, 2.45) is 5.10 Å². The van der Waals surface area contributed by atoms with Gasteiger partial charge in [0.15, 0.2) is 11.5 Å². The quantitative estimate of drug-likeness (QED) is 0.240. The van der Waals surface area contributed by atoms with Crippen LogP contribution < -0.4 is 34.3 Å². The summed E-state index contributed by atoms with van der Waals surface area (Å²) in [6.45, 7) is 2.33. The highest BCUT2D eigenvalue weighted by Crippen LogP contribution is 2.29. The predicted octanol–water partition coefficient (Wildman–Crippen LogP) is 5.01. The average Bonchev–Trinajstić information content (AvgIpc) is 3.46. The average molecular weight is 590 g/mol. The number of hydrogen-bond donors (Lipinski definition) is 1. The summed E-state index contributed by atoms with van der Waals surface area (Å²) >= 11 is 0. The van der Waals surface area contributed by atoms with E-state index in [-0.39, 0.29) is 0 Å². The first-order chi connectivity index (χ1) is 21.5. The van der Waals surface area contributed by atoms with E-state index in [9.17, 15) is 0 Å². The predicted molar refractivity (Wildman–Crippen MR) is 169 cm³/mol. The number of para-hydroxylation sites is 1. The summed E-state index contributed by atoms with van der Waals surface area (Å²) in [4.78, 5) is 18.6. The lowest BCUT2D eigenvalue weighted by Gasteiger charge is -2.12. The van der Waals surface area contributed by atoms with Gasteiger partial charge in [0.2, 0.25) is 17.6 Å². The summed E-state index contributed by atoms with van der Waals surface area (Å²) < 4.78 is 22.3. The van der Waals surface area contributed by atoms with Crippen LogP contribution in [0.25, 0.3) is 10.9 Å². The Morgan fingerprint density at radius 1 is 0.750 bits per heavy atom. The Morgan fingerprint density at radius 3 is 2.34 bits per heavy atom. The molecule has 3 aromatic carbocycles. The summed E-state index contributed by atoms with van der Waals surface area (Å²) in [5, 5.41) is 10.8. The Morgan fingerprint density at radius 2 is 1.55 bits per heavy atom. The fourth-order valence-electron chi connectivity index (χ4n) is 4.71. The van der Waals surface area contributed by atoms with Gasteiger partial charge in [-0.15, -0.1) is 0 Å². The zero-order valence-electron chi connectivity index (χ0n) is 24.8. The number of fused-ring (bicyclic) bond motifs is 1. The Hall–Kier alpha value is -5.71. The number of anilines is 1. The zero-order valence-corrected chi connectivity index (χ0v) is 24.8. The van der Waals surface area contributed by atoms with Gasteiger partial charge in [-0.25, -0.2) is 9.97 Å². The number of hydrogen-bond acceptors (Lipinski definition) is 11. The number of nitrogens with one attached hydrogen (secondary N) is 1. The molecule has 5 aromatic rings. The minimum Gasteiger partial charge on any atom is -0.497 e. The van der Waals surface area contributed by atoms with Gasteiger partial charge in [-0.05, 0) is 54.4 Å². The lowest BCUT2D eigenvalue weighted by atomic mass is 10.1. The lowest BCUT2D eigenvalue weighted by Crippen LogP contribution is -2.28. The molecular formula is C33H31N7O4+. The van der Waals surface area contributed by atoms with Gasteiger partial charge in [-0.2, -0.15) is 4.98 Å². The number of benzene rings is 3. The van der Waals surface area contributed by atoms with Crippen LogP contribution in [-0.4, -0.2) is 48.1 Å². The van der Waals surface area contributed by atoms with E-state index in [1.165, 1.54) is 0 Å². The molecule has 0 saturated carbocycles. The zero-order chi connectivity index (χ0) is 30.5. The van der Waals surface area contributed by atoms with Gasteiger partial charge in [-0.1, -0.05) is 46.4 Å². The number of hydrazone groups is 1. The van der Waals surface area contributed by atoms with Crippen molar-refractivity contribution in [3.8, 4) is 29.0 Å². The molecule has 3 heterocycles. The molecule has 2 aromatic heterocycles. The van der Waals surface area contributed by atoms with Crippen molar-refractivity contribution in [3.63, 3.8) is 0 Å². The van der Waals surface area contributed by atoms with Gasteiger partial charge in [0.25, 0.3) is 5.84 Å². The normalized spacial score (nSPS) is 12.5. The molecule has 6 rings (SSSR count). The molecule has 1 N–H and O–H groups in total. The summed E-state index contributed by atoms with van der Waals surface area (Å²) in [6, 6.07) is 26.9. The van der Waals surface area contributed by atoms with Crippen molar-refractivity contribution in [1.82, 2.24) is 25.3 Å². The van der Waals surface area contributed by atoms with Gasteiger partial charge in [0, 0.05) is 16.6 Å². The number of aliphatic imine (C=N–C) groups is 1. The number of pyridine rings is 1. The molecule has 0 bridgehead atoms. The number of guanidine groups is 1. The molecule has 11 heteroatoms. The van der Waals surface area contributed by atoms with Crippen LogP contribution in [0.3, 0.4) is 0 Å². The highest BCUT2D eigenvalue weighted by Gasteiger charge is 2.33. The van der Waals surface area contributed by atoms with E-state index in [0.29, 0.717) is 59.7 Å².